The lowest BCUT2D eigenvalue weighted by Gasteiger charge is -2.34. The number of nitrogens with one attached hydrogen (secondary N) is 1. The van der Waals surface area contributed by atoms with Crippen LogP contribution in [0.5, 0.6) is 11.5 Å². The van der Waals surface area contributed by atoms with Crippen molar-refractivity contribution in [2.24, 2.45) is 0 Å². The molecule has 1 aromatic rings. The Hall–Kier alpha value is -1.79. The SMILES string of the molecule is COc1ccc(CC(=O)N[C@H]2COC[C@@H]2N2CCCCC2)c(OC)c1. The van der Waals surface area contributed by atoms with E-state index in [1.165, 1.54) is 19.3 Å². The maximum Gasteiger partial charge on any atom is 0.224 e. The molecule has 0 spiro atoms. The number of nitrogens with zero attached hydrogens (tertiary/aromatic N) is 1. The third-order valence-electron chi connectivity index (χ3n) is 5.10. The van der Waals surface area contributed by atoms with Crippen molar-refractivity contribution in [2.75, 3.05) is 40.5 Å². The van der Waals surface area contributed by atoms with Gasteiger partial charge in [0.15, 0.2) is 0 Å². The third kappa shape index (κ3) is 4.44. The fraction of sp³-hybridized carbons (Fsp3) is 0.632. The maximum absolute atomic E-state index is 12.5. The van der Waals surface area contributed by atoms with E-state index in [0.717, 1.165) is 24.4 Å². The van der Waals surface area contributed by atoms with Gasteiger partial charge in [-0.05, 0) is 32.0 Å². The summed E-state index contributed by atoms with van der Waals surface area (Å²) in [5.74, 6) is 1.39. The Bertz CT molecular complexity index is 587. The van der Waals surface area contributed by atoms with Gasteiger partial charge in [0.05, 0.1) is 45.9 Å². The molecule has 6 nitrogen and oxygen atoms in total. The van der Waals surface area contributed by atoms with E-state index in [1.807, 2.05) is 12.1 Å². The van der Waals surface area contributed by atoms with Crippen LogP contribution in [0.25, 0.3) is 0 Å². The van der Waals surface area contributed by atoms with E-state index >= 15 is 0 Å². The highest BCUT2D eigenvalue weighted by Crippen LogP contribution is 2.25. The van der Waals surface area contributed by atoms with E-state index in [-0.39, 0.29) is 18.4 Å². The zero-order valence-corrected chi connectivity index (χ0v) is 15.1. The number of likely N-dealkylation sites (tertiary alicyclic amines) is 1. The summed E-state index contributed by atoms with van der Waals surface area (Å²) in [4.78, 5) is 15.0. The monoisotopic (exact) mass is 348 g/mol. The predicted octanol–water partition coefficient (Wildman–Crippen LogP) is 1.62. The molecule has 1 N–H and O–H groups in total. The van der Waals surface area contributed by atoms with E-state index in [1.54, 1.807) is 20.3 Å². The largest absolute Gasteiger partial charge is 0.497 e. The molecule has 2 heterocycles. The van der Waals surface area contributed by atoms with Gasteiger partial charge in [0.25, 0.3) is 0 Å². The fourth-order valence-corrected chi connectivity index (χ4v) is 3.72. The summed E-state index contributed by atoms with van der Waals surface area (Å²) in [6.07, 6.45) is 4.06. The standard InChI is InChI=1S/C19H28N2O4/c1-23-15-7-6-14(18(11-15)24-2)10-19(22)20-16-12-25-13-17(16)21-8-4-3-5-9-21/h6-7,11,16-17H,3-5,8-10,12-13H2,1-2H3,(H,20,22)/t16-,17-/m0/s1. The number of hydrogen-bond donors (Lipinski definition) is 1. The third-order valence-corrected chi connectivity index (χ3v) is 5.10. The topological polar surface area (TPSA) is 60.0 Å². The van der Waals surface area contributed by atoms with E-state index in [4.69, 9.17) is 14.2 Å². The van der Waals surface area contributed by atoms with Crippen molar-refractivity contribution in [1.29, 1.82) is 0 Å². The first kappa shape index (κ1) is 18.0. The molecule has 2 atom stereocenters. The zero-order valence-electron chi connectivity index (χ0n) is 15.1. The number of carbonyl (C=O) groups excluding carboxylic acids is 1. The molecule has 0 bridgehead atoms. The van der Waals surface area contributed by atoms with Crippen molar-refractivity contribution >= 4 is 5.91 Å². The first-order valence-electron chi connectivity index (χ1n) is 9.03. The van der Waals surface area contributed by atoms with Gasteiger partial charge in [-0.2, -0.15) is 0 Å². The van der Waals surface area contributed by atoms with Gasteiger partial charge in [-0.25, -0.2) is 0 Å². The highest BCUT2D eigenvalue weighted by molar-refractivity contribution is 5.79. The number of benzene rings is 1. The Labute approximate surface area is 149 Å². The highest BCUT2D eigenvalue weighted by atomic mass is 16.5. The smallest absolute Gasteiger partial charge is 0.224 e. The average molecular weight is 348 g/mol. The van der Waals surface area contributed by atoms with E-state index < -0.39 is 0 Å². The van der Waals surface area contributed by atoms with Gasteiger partial charge in [-0.1, -0.05) is 12.5 Å². The number of piperidine rings is 1. The van der Waals surface area contributed by atoms with Crippen molar-refractivity contribution in [3.63, 3.8) is 0 Å². The molecule has 1 aromatic carbocycles. The Balaban J connectivity index is 1.60. The van der Waals surface area contributed by atoms with Crippen LogP contribution in [-0.2, 0) is 16.0 Å². The summed E-state index contributed by atoms with van der Waals surface area (Å²) in [7, 11) is 3.22. The first-order valence-corrected chi connectivity index (χ1v) is 9.03. The molecule has 2 fully saturated rings. The lowest BCUT2D eigenvalue weighted by molar-refractivity contribution is -0.121. The maximum atomic E-state index is 12.5. The first-order chi connectivity index (χ1) is 12.2. The normalized spacial score (nSPS) is 24.1. The van der Waals surface area contributed by atoms with Crippen LogP contribution in [0.2, 0.25) is 0 Å². The van der Waals surface area contributed by atoms with Gasteiger partial charge < -0.3 is 19.5 Å². The van der Waals surface area contributed by atoms with Crippen molar-refractivity contribution in [2.45, 2.75) is 37.8 Å². The van der Waals surface area contributed by atoms with Crippen LogP contribution >= 0.6 is 0 Å². The fourth-order valence-electron chi connectivity index (χ4n) is 3.72. The summed E-state index contributed by atoms with van der Waals surface area (Å²) in [6, 6.07) is 5.89. The molecule has 2 aliphatic heterocycles. The molecular weight excluding hydrogens is 320 g/mol. The lowest BCUT2D eigenvalue weighted by Crippen LogP contribution is -2.52. The molecule has 25 heavy (non-hydrogen) atoms. The minimum Gasteiger partial charge on any atom is -0.497 e. The molecule has 1 amide bonds. The van der Waals surface area contributed by atoms with Crippen LogP contribution in [0.1, 0.15) is 24.8 Å². The molecule has 0 aromatic heterocycles. The number of ether oxygens (including phenoxy) is 3. The number of amides is 1. The molecule has 138 valence electrons. The van der Waals surface area contributed by atoms with Gasteiger partial charge in [-0.15, -0.1) is 0 Å². The van der Waals surface area contributed by atoms with Crippen molar-refractivity contribution in [1.82, 2.24) is 10.2 Å². The Kier molecular flexibility index (Phi) is 6.15. The minimum absolute atomic E-state index is 0.000904. The second kappa shape index (κ2) is 8.54. The molecule has 6 heteroatoms. The number of carbonyl (C=O) groups is 1. The van der Waals surface area contributed by atoms with Crippen molar-refractivity contribution in [3.05, 3.63) is 23.8 Å². The van der Waals surface area contributed by atoms with Crippen molar-refractivity contribution in [3.8, 4) is 11.5 Å². The van der Waals surface area contributed by atoms with Crippen molar-refractivity contribution < 1.29 is 19.0 Å². The van der Waals surface area contributed by atoms with Gasteiger partial charge >= 0.3 is 0 Å². The summed E-state index contributed by atoms with van der Waals surface area (Å²) in [5.41, 5.74) is 0.856. The molecule has 2 saturated heterocycles. The highest BCUT2D eigenvalue weighted by Gasteiger charge is 2.34. The average Bonchev–Trinajstić information content (AvgIpc) is 3.10. The summed E-state index contributed by atoms with van der Waals surface area (Å²) in [5, 5.41) is 3.16. The van der Waals surface area contributed by atoms with Crippen LogP contribution in [0.4, 0.5) is 0 Å². The number of methoxy groups -OCH3 is 2. The van der Waals surface area contributed by atoms with E-state index in [0.29, 0.717) is 25.0 Å². The second-order valence-electron chi connectivity index (χ2n) is 6.73. The van der Waals surface area contributed by atoms with Crippen LogP contribution in [-0.4, -0.2) is 63.4 Å². The van der Waals surface area contributed by atoms with Crippen LogP contribution < -0.4 is 14.8 Å². The molecule has 3 rings (SSSR count). The Morgan fingerprint density at radius 1 is 1.20 bits per heavy atom. The van der Waals surface area contributed by atoms with E-state index in [9.17, 15) is 4.79 Å². The molecule has 0 aliphatic carbocycles. The number of hydrogen-bond acceptors (Lipinski definition) is 5. The van der Waals surface area contributed by atoms with Gasteiger partial charge in [0.2, 0.25) is 5.91 Å². The molecule has 0 radical (unpaired) electrons. The Morgan fingerprint density at radius 2 is 2.00 bits per heavy atom. The van der Waals surface area contributed by atoms with Gasteiger partial charge in [-0.3, -0.25) is 9.69 Å². The lowest BCUT2D eigenvalue weighted by atomic mass is 10.0. The predicted molar refractivity (Wildman–Crippen MR) is 95.2 cm³/mol. The zero-order chi connectivity index (χ0) is 17.6. The Morgan fingerprint density at radius 3 is 2.72 bits per heavy atom. The summed E-state index contributed by atoms with van der Waals surface area (Å²) in [6.45, 7) is 3.50. The minimum atomic E-state index is 0.000904. The molecular formula is C19H28N2O4. The van der Waals surface area contributed by atoms with Crippen LogP contribution in [0, 0.1) is 0 Å². The second-order valence-corrected chi connectivity index (χ2v) is 6.73. The van der Waals surface area contributed by atoms with Crippen LogP contribution in [0.15, 0.2) is 18.2 Å². The van der Waals surface area contributed by atoms with E-state index in [2.05, 4.69) is 10.2 Å². The van der Waals surface area contributed by atoms with Gasteiger partial charge in [0.1, 0.15) is 11.5 Å². The van der Waals surface area contributed by atoms with Crippen LogP contribution in [0.3, 0.4) is 0 Å². The quantitative estimate of drug-likeness (QED) is 0.846. The molecule has 0 unspecified atom stereocenters. The molecule has 2 aliphatic rings. The summed E-state index contributed by atoms with van der Waals surface area (Å²) >= 11 is 0. The molecule has 0 saturated carbocycles. The number of rotatable bonds is 6. The summed E-state index contributed by atoms with van der Waals surface area (Å²) < 4.78 is 16.2. The van der Waals surface area contributed by atoms with Gasteiger partial charge in [0, 0.05) is 11.6 Å².